The normalized spacial score (nSPS) is 10.9. The molecule has 78 valence electrons. The maximum atomic E-state index is 6.14. The molecule has 1 heterocycles. The van der Waals surface area contributed by atoms with Gasteiger partial charge in [-0.3, -0.25) is 4.98 Å². The highest BCUT2D eigenvalue weighted by atomic mass is 35.5. The lowest BCUT2D eigenvalue weighted by Crippen LogP contribution is -1.99. The van der Waals surface area contributed by atoms with Crippen molar-refractivity contribution in [1.29, 1.82) is 0 Å². The minimum absolute atomic E-state index is 0.670. The number of rotatable bonds is 0. The van der Waals surface area contributed by atoms with Crippen LogP contribution in [0.4, 0.5) is 5.69 Å². The molecule has 0 saturated heterocycles. The second kappa shape index (κ2) is 3.38. The van der Waals surface area contributed by atoms with Crippen LogP contribution in [0, 0.1) is 20.8 Å². The molecular weight excluding hydrogens is 208 g/mol. The molecule has 1 aromatic heterocycles. The first-order chi connectivity index (χ1) is 7.02. The standard InChI is InChI=1S/C12H13ClN2/c1-6-4-5-9(13)10-11(14)7(2)8(3)15-12(6)10/h4-5H,1-3H3,(H2,14,15). The van der Waals surface area contributed by atoms with Gasteiger partial charge in [0.15, 0.2) is 0 Å². The number of hydrogen-bond acceptors (Lipinski definition) is 2. The van der Waals surface area contributed by atoms with Crippen LogP contribution in [0.2, 0.25) is 5.02 Å². The Kier molecular flexibility index (Phi) is 2.31. The van der Waals surface area contributed by atoms with E-state index in [0.29, 0.717) is 5.02 Å². The predicted octanol–water partition coefficient (Wildman–Crippen LogP) is 3.40. The largest absolute Gasteiger partial charge is 0.398 e. The lowest BCUT2D eigenvalue weighted by atomic mass is 10.0. The Hall–Kier alpha value is -1.28. The minimum Gasteiger partial charge on any atom is -0.398 e. The van der Waals surface area contributed by atoms with Crippen LogP contribution in [-0.4, -0.2) is 4.98 Å². The van der Waals surface area contributed by atoms with Crippen molar-refractivity contribution >= 4 is 28.2 Å². The second-order valence-corrected chi connectivity index (χ2v) is 4.23. The average molecular weight is 221 g/mol. The molecule has 0 unspecified atom stereocenters. The fourth-order valence-corrected chi connectivity index (χ4v) is 1.96. The lowest BCUT2D eigenvalue weighted by molar-refractivity contribution is 1.19. The van der Waals surface area contributed by atoms with E-state index in [9.17, 15) is 0 Å². The molecule has 0 radical (unpaired) electrons. The fraction of sp³-hybridized carbons (Fsp3) is 0.250. The van der Waals surface area contributed by atoms with Crippen LogP contribution in [0.5, 0.6) is 0 Å². The summed E-state index contributed by atoms with van der Waals surface area (Å²) in [6.45, 7) is 5.95. The maximum absolute atomic E-state index is 6.14. The summed E-state index contributed by atoms with van der Waals surface area (Å²) >= 11 is 6.14. The van der Waals surface area contributed by atoms with Crippen LogP contribution in [-0.2, 0) is 0 Å². The summed E-state index contributed by atoms with van der Waals surface area (Å²) in [5.41, 5.74) is 10.8. The second-order valence-electron chi connectivity index (χ2n) is 3.82. The zero-order chi connectivity index (χ0) is 11.2. The first-order valence-corrected chi connectivity index (χ1v) is 5.21. The van der Waals surface area contributed by atoms with E-state index in [2.05, 4.69) is 4.98 Å². The average Bonchev–Trinajstić information content (AvgIpc) is 2.20. The third kappa shape index (κ3) is 1.45. The highest BCUT2D eigenvalue weighted by Gasteiger charge is 2.10. The van der Waals surface area contributed by atoms with Gasteiger partial charge in [-0.2, -0.15) is 0 Å². The number of aromatic nitrogens is 1. The van der Waals surface area contributed by atoms with Crippen LogP contribution in [0.25, 0.3) is 10.9 Å². The molecule has 0 aliphatic carbocycles. The van der Waals surface area contributed by atoms with E-state index in [1.165, 1.54) is 0 Å². The van der Waals surface area contributed by atoms with Crippen molar-refractivity contribution in [3.05, 3.63) is 34.0 Å². The summed E-state index contributed by atoms with van der Waals surface area (Å²) in [5.74, 6) is 0. The summed E-state index contributed by atoms with van der Waals surface area (Å²) in [6, 6.07) is 3.83. The molecule has 3 heteroatoms. The van der Waals surface area contributed by atoms with E-state index in [4.69, 9.17) is 17.3 Å². The zero-order valence-corrected chi connectivity index (χ0v) is 9.81. The zero-order valence-electron chi connectivity index (χ0n) is 9.06. The Labute approximate surface area is 94.1 Å². The number of pyridine rings is 1. The molecule has 2 aromatic rings. The molecule has 0 aliphatic heterocycles. The van der Waals surface area contributed by atoms with Gasteiger partial charge in [0.25, 0.3) is 0 Å². The number of aryl methyl sites for hydroxylation is 2. The van der Waals surface area contributed by atoms with Gasteiger partial charge in [-0.15, -0.1) is 0 Å². The molecule has 0 bridgehead atoms. The van der Waals surface area contributed by atoms with Crippen molar-refractivity contribution in [3.63, 3.8) is 0 Å². The molecule has 0 fully saturated rings. The van der Waals surface area contributed by atoms with Crippen LogP contribution in [0.15, 0.2) is 12.1 Å². The number of hydrogen-bond donors (Lipinski definition) is 1. The summed E-state index contributed by atoms with van der Waals surface area (Å²) in [7, 11) is 0. The van der Waals surface area contributed by atoms with Gasteiger partial charge in [0.2, 0.25) is 0 Å². The van der Waals surface area contributed by atoms with Crippen molar-refractivity contribution in [2.45, 2.75) is 20.8 Å². The molecule has 2 nitrogen and oxygen atoms in total. The van der Waals surface area contributed by atoms with Gasteiger partial charge in [0, 0.05) is 16.8 Å². The minimum atomic E-state index is 0.670. The SMILES string of the molecule is Cc1nc2c(C)ccc(Cl)c2c(N)c1C. The van der Waals surface area contributed by atoms with Crippen LogP contribution >= 0.6 is 11.6 Å². The topological polar surface area (TPSA) is 38.9 Å². The lowest BCUT2D eigenvalue weighted by Gasteiger charge is -2.11. The van der Waals surface area contributed by atoms with E-state index in [1.54, 1.807) is 0 Å². The number of fused-ring (bicyclic) bond motifs is 1. The molecule has 0 amide bonds. The molecule has 0 saturated carbocycles. The van der Waals surface area contributed by atoms with Gasteiger partial charge in [0.05, 0.1) is 10.5 Å². The number of halogens is 1. The van der Waals surface area contributed by atoms with Gasteiger partial charge < -0.3 is 5.73 Å². The molecule has 15 heavy (non-hydrogen) atoms. The number of anilines is 1. The third-order valence-electron chi connectivity index (χ3n) is 2.82. The Morgan fingerprint density at radius 3 is 2.53 bits per heavy atom. The van der Waals surface area contributed by atoms with Crippen molar-refractivity contribution in [3.8, 4) is 0 Å². The summed E-state index contributed by atoms with van der Waals surface area (Å²) < 4.78 is 0. The first kappa shape index (κ1) is 10.2. The van der Waals surface area contributed by atoms with Crippen molar-refractivity contribution in [2.75, 3.05) is 5.73 Å². The third-order valence-corrected chi connectivity index (χ3v) is 3.14. The maximum Gasteiger partial charge on any atom is 0.0770 e. The van der Waals surface area contributed by atoms with Crippen LogP contribution < -0.4 is 5.73 Å². The fourth-order valence-electron chi connectivity index (χ4n) is 1.70. The highest BCUT2D eigenvalue weighted by molar-refractivity contribution is 6.36. The number of nitrogens with two attached hydrogens (primary N) is 1. The van der Waals surface area contributed by atoms with Gasteiger partial charge >= 0.3 is 0 Å². The molecule has 2 rings (SSSR count). The quantitative estimate of drug-likeness (QED) is 0.739. The molecular formula is C12H13ClN2. The van der Waals surface area contributed by atoms with E-state index in [0.717, 1.165) is 33.4 Å². The first-order valence-electron chi connectivity index (χ1n) is 4.84. The molecule has 2 N–H and O–H groups in total. The van der Waals surface area contributed by atoms with Gasteiger partial charge in [-0.25, -0.2) is 0 Å². The number of nitrogen functional groups attached to an aromatic ring is 1. The van der Waals surface area contributed by atoms with Crippen LogP contribution in [0.1, 0.15) is 16.8 Å². The van der Waals surface area contributed by atoms with Gasteiger partial charge in [-0.05, 0) is 38.0 Å². The predicted molar refractivity (Wildman–Crippen MR) is 65.4 cm³/mol. The van der Waals surface area contributed by atoms with E-state index in [-0.39, 0.29) is 0 Å². The molecule has 0 aliphatic rings. The van der Waals surface area contributed by atoms with Crippen molar-refractivity contribution in [2.24, 2.45) is 0 Å². The number of nitrogens with zero attached hydrogens (tertiary/aromatic N) is 1. The van der Waals surface area contributed by atoms with Gasteiger partial charge in [-0.1, -0.05) is 17.7 Å². The molecule has 0 atom stereocenters. The van der Waals surface area contributed by atoms with E-state index >= 15 is 0 Å². The monoisotopic (exact) mass is 220 g/mol. The van der Waals surface area contributed by atoms with Crippen LogP contribution in [0.3, 0.4) is 0 Å². The summed E-state index contributed by atoms with van der Waals surface area (Å²) in [4.78, 5) is 4.53. The Morgan fingerprint density at radius 2 is 1.87 bits per heavy atom. The summed E-state index contributed by atoms with van der Waals surface area (Å²) in [6.07, 6.45) is 0. The number of benzene rings is 1. The smallest absolute Gasteiger partial charge is 0.0770 e. The van der Waals surface area contributed by atoms with Gasteiger partial charge in [0.1, 0.15) is 0 Å². The Bertz CT molecular complexity index is 547. The Balaban J connectivity index is 3.04. The summed E-state index contributed by atoms with van der Waals surface area (Å²) in [5, 5.41) is 1.54. The molecule has 1 aromatic carbocycles. The Morgan fingerprint density at radius 1 is 1.20 bits per heavy atom. The highest BCUT2D eigenvalue weighted by Crippen LogP contribution is 2.32. The van der Waals surface area contributed by atoms with Crippen molar-refractivity contribution in [1.82, 2.24) is 4.98 Å². The van der Waals surface area contributed by atoms with Crippen molar-refractivity contribution < 1.29 is 0 Å². The van der Waals surface area contributed by atoms with E-state index < -0.39 is 0 Å². The van der Waals surface area contributed by atoms with E-state index in [1.807, 2.05) is 32.9 Å². The molecule has 0 spiro atoms.